The highest BCUT2D eigenvalue weighted by atomic mass is 32.1. The molecule has 0 saturated carbocycles. The second kappa shape index (κ2) is 13.5. The standard InChI is InChI=1S/C37H30N4O4S/c1-3-44-30-19-15-26(16-20-30)34-33(35(42)40-29-11-5-4-6-12-29)24(2)39-37-41(34)36(43)32(46-37)21-25-13-17-31(18-14-25)45-23-28-10-8-7-9-27(28)22-38/h4-21,34H,3,23H2,1-2H3,(H,40,42)/b32-21+/t34-/m1/s1. The molecule has 46 heavy (non-hydrogen) atoms. The van der Waals surface area contributed by atoms with E-state index in [1.807, 2.05) is 110 Å². The summed E-state index contributed by atoms with van der Waals surface area (Å²) < 4.78 is 13.6. The molecule has 1 aliphatic rings. The van der Waals surface area contributed by atoms with Crippen LogP contribution in [0.25, 0.3) is 6.08 Å². The van der Waals surface area contributed by atoms with Crippen molar-refractivity contribution in [3.8, 4) is 17.6 Å². The zero-order valence-electron chi connectivity index (χ0n) is 25.3. The molecule has 0 aliphatic carbocycles. The maximum absolute atomic E-state index is 14.0. The van der Waals surface area contributed by atoms with Crippen LogP contribution < -0.4 is 29.7 Å². The largest absolute Gasteiger partial charge is 0.494 e. The van der Waals surface area contributed by atoms with Crippen molar-refractivity contribution in [2.45, 2.75) is 26.5 Å². The Morgan fingerprint density at radius 1 is 0.957 bits per heavy atom. The lowest BCUT2D eigenvalue weighted by molar-refractivity contribution is -0.113. The fourth-order valence-electron chi connectivity index (χ4n) is 5.29. The van der Waals surface area contributed by atoms with E-state index < -0.39 is 6.04 Å². The van der Waals surface area contributed by atoms with E-state index in [-0.39, 0.29) is 18.1 Å². The van der Waals surface area contributed by atoms with Crippen molar-refractivity contribution >= 4 is 29.0 Å². The smallest absolute Gasteiger partial charge is 0.271 e. The van der Waals surface area contributed by atoms with Crippen molar-refractivity contribution in [1.82, 2.24) is 4.57 Å². The Morgan fingerprint density at radius 2 is 1.63 bits per heavy atom. The first kappa shape index (κ1) is 30.3. The second-order valence-electron chi connectivity index (χ2n) is 10.5. The Bertz CT molecular complexity index is 2140. The van der Waals surface area contributed by atoms with Gasteiger partial charge in [0.15, 0.2) is 4.80 Å². The van der Waals surface area contributed by atoms with Gasteiger partial charge in [-0.05, 0) is 73.5 Å². The molecule has 1 N–H and O–H groups in total. The van der Waals surface area contributed by atoms with Gasteiger partial charge >= 0.3 is 0 Å². The second-order valence-corrected chi connectivity index (χ2v) is 11.5. The lowest BCUT2D eigenvalue weighted by Gasteiger charge is -2.25. The molecule has 0 unspecified atom stereocenters. The number of aromatic nitrogens is 1. The Kier molecular flexibility index (Phi) is 8.90. The molecule has 1 amide bonds. The normalized spacial score (nSPS) is 14.2. The predicted molar refractivity (Wildman–Crippen MR) is 178 cm³/mol. The van der Waals surface area contributed by atoms with Gasteiger partial charge in [-0.15, -0.1) is 0 Å². The average molecular weight is 627 g/mol. The van der Waals surface area contributed by atoms with Crippen LogP contribution in [-0.2, 0) is 11.4 Å². The quantitative estimate of drug-likeness (QED) is 0.225. The highest BCUT2D eigenvalue weighted by Crippen LogP contribution is 2.32. The Morgan fingerprint density at radius 3 is 2.35 bits per heavy atom. The van der Waals surface area contributed by atoms with Gasteiger partial charge in [0.2, 0.25) is 0 Å². The van der Waals surface area contributed by atoms with Crippen molar-refractivity contribution in [3.05, 3.63) is 156 Å². The predicted octanol–water partition coefficient (Wildman–Crippen LogP) is 5.72. The van der Waals surface area contributed by atoms with Gasteiger partial charge in [-0.25, -0.2) is 4.99 Å². The van der Waals surface area contributed by atoms with Gasteiger partial charge in [0.1, 0.15) is 18.1 Å². The van der Waals surface area contributed by atoms with Crippen LogP contribution >= 0.6 is 11.3 Å². The minimum absolute atomic E-state index is 0.242. The van der Waals surface area contributed by atoms with E-state index in [0.29, 0.717) is 50.0 Å². The summed E-state index contributed by atoms with van der Waals surface area (Å²) in [7, 11) is 0. The molecule has 0 saturated heterocycles. The first-order valence-electron chi connectivity index (χ1n) is 14.8. The van der Waals surface area contributed by atoms with Gasteiger partial charge in [0.25, 0.3) is 11.5 Å². The Balaban J connectivity index is 1.34. The van der Waals surface area contributed by atoms with Crippen molar-refractivity contribution in [1.29, 1.82) is 5.26 Å². The number of nitriles is 1. The van der Waals surface area contributed by atoms with Crippen LogP contribution in [0.5, 0.6) is 11.5 Å². The Hall–Kier alpha value is -5.72. The van der Waals surface area contributed by atoms with E-state index in [9.17, 15) is 14.9 Å². The van der Waals surface area contributed by atoms with Crippen molar-refractivity contribution in [3.63, 3.8) is 0 Å². The van der Waals surface area contributed by atoms with Gasteiger partial charge < -0.3 is 14.8 Å². The van der Waals surface area contributed by atoms with Crippen LogP contribution in [0.2, 0.25) is 0 Å². The molecule has 4 aromatic carbocycles. The highest BCUT2D eigenvalue weighted by Gasteiger charge is 2.32. The third-order valence-corrected chi connectivity index (χ3v) is 8.50. The molecule has 228 valence electrons. The molecule has 2 heterocycles. The number of anilines is 1. The topological polar surface area (TPSA) is 106 Å². The molecular formula is C37H30N4O4S. The van der Waals surface area contributed by atoms with Crippen molar-refractivity contribution < 1.29 is 14.3 Å². The number of para-hydroxylation sites is 1. The van der Waals surface area contributed by atoms with Gasteiger partial charge in [-0.2, -0.15) is 5.26 Å². The summed E-state index contributed by atoms with van der Waals surface area (Å²) in [5, 5.41) is 12.3. The molecule has 0 radical (unpaired) electrons. The molecule has 0 spiro atoms. The maximum Gasteiger partial charge on any atom is 0.271 e. The van der Waals surface area contributed by atoms with Crippen LogP contribution in [-0.4, -0.2) is 17.1 Å². The number of hydrogen-bond donors (Lipinski definition) is 1. The number of rotatable bonds is 9. The van der Waals surface area contributed by atoms with E-state index in [0.717, 1.165) is 16.7 Å². The van der Waals surface area contributed by atoms with Crippen LogP contribution in [0.15, 0.2) is 124 Å². The summed E-state index contributed by atoms with van der Waals surface area (Å²) in [6.07, 6.45) is 1.82. The Labute approximate surface area is 269 Å². The summed E-state index contributed by atoms with van der Waals surface area (Å²) in [5.74, 6) is 1.02. The third kappa shape index (κ3) is 6.39. The summed E-state index contributed by atoms with van der Waals surface area (Å²) in [6.45, 7) is 4.51. The molecule has 1 aliphatic heterocycles. The van der Waals surface area contributed by atoms with E-state index in [1.54, 1.807) is 17.6 Å². The number of nitrogens with zero attached hydrogens (tertiary/aromatic N) is 3. The van der Waals surface area contributed by atoms with Gasteiger partial charge in [0, 0.05) is 11.3 Å². The highest BCUT2D eigenvalue weighted by molar-refractivity contribution is 7.07. The zero-order chi connectivity index (χ0) is 32.0. The van der Waals surface area contributed by atoms with Crippen molar-refractivity contribution in [2.75, 3.05) is 11.9 Å². The number of hydrogen-bond acceptors (Lipinski definition) is 7. The monoisotopic (exact) mass is 626 g/mol. The lowest BCUT2D eigenvalue weighted by atomic mass is 9.95. The first-order valence-corrected chi connectivity index (χ1v) is 15.6. The summed E-state index contributed by atoms with van der Waals surface area (Å²) in [4.78, 5) is 33.0. The number of allylic oxidation sites excluding steroid dienone is 1. The summed E-state index contributed by atoms with van der Waals surface area (Å²) in [6, 6.07) is 32.9. The summed E-state index contributed by atoms with van der Waals surface area (Å²) in [5.41, 5.74) is 4.31. The number of amides is 1. The van der Waals surface area contributed by atoms with E-state index in [2.05, 4.69) is 11.4 Å². The zero-order valence-corrected chi connectivity index (χ0v) is 26.1. The molecule has 1 atom stereocenters. The fraction of sp³-hybridized carbons (Fsp3) is 0.135. The number of ether oxygens (including phenoxy) is 2. The SMILES string of the molecule is CCOc1ccc([C@@H]2C(C(=O)Nc3ccccc3)=C(C)N=c3s/c(=C/c4ccc(OCc5ccccc5C#N)cc4)c(=O)n32)cc1. The molecule has 0 fully saturated rings. The number of benzene rings is 4. The number of carbonyl (C=O) groups excluding carboxylic acids is 1. The average Bonchev–Trinajstić information content (AvgIpc) is 3.38. The van der Waals surface area contributed by atoms with Gasteiger partial charge in [-0.1, -0.05) is 72.0 Å². The van der Waals surface area contributed by atoms with Gasteiger partial charge in [0.05, 0.1) is 40.1 Å². The molecule has 0 bridgehead atoms. The van der Waals surface area contributed by atoms with Gasteiger partial charge in [-0.3, -0.25) is 14.2 Å². The molecule has 6 rings (SSSR count). The van der Waals surface area contributed by atoms with Crippen LogP contribution in [0.3, 0.4) is 0 Å². The lowest BCUT2D eigenvalue weighted by Crippen LogP contribution is -2.40. The minimum Gasteiger partial charge on any atom is -0.494 e. The summed E-state index contributed by atoms with van der Waals surface area (Å²) >= 11 is 1.28. The minimum atomic E-state index is -0.690. The van der Waals surface area contributed by atoms with E-state index in [4.69, 9.17) is 14.5 Å². The van der Waals surface area contributed by atoms with Crippen molar-refractivity contribution in [2.24, 2.45) is 4.99 Å². The number of carbonyl (C=O) groups is 1. The molecular weight excluding hydrogens is 596 g/mol. The molecule has 9 heteroatoms. The van der Waals surface area contributed by atoms with E-state index >= 15 is 0 Å². The first-order chi connectivity index (χ1) is 22.4. The van der Waals surface area contributed by atoms with Crippen LogP contribution in [0, 0.1) is 11.3 Å². The van der Waals surface area contributed by atoms with Crippen LogP contribution in [0.4, 0.5) is 5.69 Å². The van der Waals surface area contributed by atoms with E-state index in [1.165, 1.54) is 11.3 Å². The van der Waals surface area contributed by atoms with Crippen LogP contribution in [0.1, 0.15) is 42.1 Å². The number of nitrogens with one attached hydrogen (secondary N) is 1. The maximum atomic E-state index is 14.0. The fourth-order valence-corrected chi connectivity index (χ4v) is 6.33. The third-order valence-electron chi connectivity index (χ3n) is 7.51. The number of fused-ring (bicyclic) bond motifs is 1. The number of thiazole rings is 1. The molecule has 1 aromatic heterocycles. The molecule has 5 aromatic rings. The molecule has 8 nitrogen and oxygen atoms in total.